The lowest BCUT2D eigenvalue weighted by molar-refractivity contribution is 0.0930. The van der Waals surface area contributed by atoms with Crippen molar-refractivity contribution in [2.24, 2.45) is 5.92 Å². The fourth-order valence-electron chi connectivity index (χ4n) is 2.10. The van der Waals surface area contributed by atoms with Crippen LogP contribution in [0.2, 0.25) is 0 Å². The van der Waals surface area contributed by atoms with Crippen LogP contribution in [0, 0.1) is 12.8 Å². The molecule has 0 heterocycles. The number of hydrogen-bond donors (Lipinski definition) is 2. The molecular formula is C19H24N2O3S. The van der Waals surface area contributed by atoms with E-state index in [1.165, 1.54) is 12.1 Å². The molecule has 2 rings (SSSR count). The summed E-state index contributed by atoms with van der Waals surface area (Å²) in [6, 6.07) is 13.1. The number of aryl methyl sites for hydroxylation is 1. The summed E-state index contributed by atoms with van der Waals surface area (Å²) >= 11 is 0. The molecule has 0 aliphatic rings. The van der Waals surface area contributed by atoms with Gasteiger partial charge in [-0.2, -0.15) is 0 Å². The van der Waals surface area contributed by atoms with E-state index in [0.29, 0.717) is 17.2 Å². The number of carbonyl (C=O) groups excluding carboxylic acids is 1. The summed E-state index contributed by atoms with van der Waals surface area (Å²) in [6.45, 7) is 7.87. The van der Waals surface area contributed by atoms with Crippen molar-refractivity contribution in [1.29, 1.82) is 0 Å². The summed E-state index contributed by atoms with van der Waals surface area (Å²) in [5, 5.41) is 2.88. The Balaban J connectivity index is 2.21. The number of hydrogen-bond acceptors (Lipinski definition) is 3. The van der Waals surface area contributed by atoms with Crippen LogP contribution in [0.3, 0.4) is 0 Å². The first-order valence-electron chi connectivity index (χ1n) is 8.19. The zero-order chi connectivity index (χ0) is 18.6. The highest BCUT2D eigenvalue weighted by Gasteiger charge is 2.18. The van der Waals surface area contributed by atoms with E-state index in [-0.39, 0.29) is 16.8 Å². The third-order valence-corrected chi connectivity index (χ3v) is 5.45. The molecule has 2 aromatic rings. The van der Waals surface area contributed by atoms with E-state index < -0.39 is 10.0 Å². The maximum atomic E-state index is 12.5. The molecule has 0 saturated heterocycles. The van der Waals surface area contributed by atoms with Crippen molar-refractivity contribution in [3.05, 3.63) is 59.7 Å². The van der Waals surface area contributed by atoms with E-state index in [1.807, 2.05) is 39.8 Å². The van der Waals surface area contributed by atoms with Crippen molar-refractivity contribution < 1.29 is 13.2 Å². The summed E-state index contributed by atoms with van der Waals surface area (Å²) < 4.78 is 27.6. The summed E-state index contributed by atoms with van der Waals surface area (Å²) in [6.07, 6.45) is 0. The Morgan fingerprint density at radius 1 is 1.00 bits per heavy atom. The van der Waals surface area contributed by atoms with Crippen LogP contribution in [0.25, 0.3) is 0 Å². The molecule has 5 nitrogen and oxygen atoms in total. The van der Waals surface area contributed by atoms with Gasteiger partial charge in [-0.25, -0.2) is 8.42 Å². The Kier molecular flexibility index (Phi) is 5.85. The lowest BCUT2D eigenvalue weighted by Crippen LogP contribution is -2.36. The highest BCUT2D eigenvalue weighted by atomic mass is 32.2. The smallest absolute Gasteiger partial charge is 0.261 e. The van der Waals surface area contributed by atoms with Crippen LogP contribution in [-0.2, 0) is 10.0 Å². The Labute approximate surface area is 149 Å². The second kappa shape index (κ2) is 7.70. The molecule has 2 aromatic carbocycles. The lowest BCUT2D eigenvalue weighted by Gasteiger charge is -2.17. The average molecular weight is 360 g/mol. The molecule has 0 bridgehead atoms. The second-order valence-electron chi connectivity index (χ2n) is 6.51. The first-order valence-corrected chi connectivity index (χ1v) is 9.68. The van der Waals surface area contributed by atoms with E-state index in [9.17, 15) is 13.2 Å². The van der Waals surface area contributed by atoms with Crippen molar-refractivity contribution in [1.82, 2.24) is 5.32 Å². The molecule has 2 N–H and O–H groups in total. The molecule has 0 aliphatic carbocycles. The molecule has 0 saturated carbocycles. The van der Waals surface area contributed by atoms with Gasteiger partial charge in [-0.1, -0.05) is 37.6 Å². The predicted molar refractivity (Wildman–Crippen MR) is 100 cm³/mol. The molecule has 1 atom stereocenters. The Bertz CT molecular complexity index is 843. The fourth-order valence-corrected chi connectivity index (χ4v) is 3.20. The summed E-state index contributed by atoms with van der Waals surface area (Å²) in [5.74, 6) is 0.00709. The largest absolute Gasteiger partial charge is 0.349 e. The second-order valence-corrected chi connectivity index (χ2v) is 8.19. The van der Waals surface area contributed by atoms with Gasteiger partial charge in [0.25, 0.3) is 15.9 Å². The minimum atomic E-state index is -3.76. The zero-order valence-electron chi connectivity index (χ0n) is 14.9. The van der Waals surface area contributed by atoms with Gasteiger partial charge in [0, 0.05) is 17.3 Å². The van der Waals surface area contributed by atoms with E-state index >= 15 is 0 Å². The Hall–Kier alpha value is -2.34. The summed E-state index contributed by atoms with van der Waals surface area (Å²) in [4.78, 5) is 12.4. The highest BCUT2D eigenvalue weighted by Crippen LogP contribution is 2.18. The van der Waals surface area contributed by atoms with E-state index in [1.54, 1.807) is 24.3 Å². The van der Waals surface area contributed by atoms with Crippen LogP contribution in [0.4, 0.5) is 5.69 Å². The number of rotatable bonds is 6. The van der Waals surface area contributed by atoms with Gasteiger partial charge in [0.1, 0.15) is 0 Å². The van der Waals surface area contributed by atoms with Crippen LogP contribution < -0.4 is 10.0 Å². The molecule has 134 valence electrons. The van der Waals surface area contributed by atoms with Crippen LogP contribution >= 0.6 is 0 Å². The number of nitrogens with one attached hydrogen (secondary N) is 2. The van der Waals surface area contributed by atoms with Gasteiger partial charge in [-0.15, -0.1) is 0 Å². The number of benzene rings is 2. The molecule has 0 spiro atoms. The minimum absolute atomic E-state index is 0.00144. The number of sulfonamides is 1. The maximum Gasteiger partial charge on any atom is 0.261 e. The SMILES string of the molecule is Cc1ccc(NS(=O)(=O)c2cccc(C(=O)NC(C)C(C)C)c2)cc1. The molecule has 0 radical (unpaired) electrons. The van der Waals surface area contributed by atoms with Crippen LogP contribution in [-0.4, -0.2) is 20.4 Å². The Morgan fingerprint density at radius 3 is 2.24 bits per heavy atom. The zero-order valence-corrected chi connectivity index (χ0v) is 15.7. The molecule has 1 unspecified atom stereocenters. The molecule has 6 heteroatoms. The highest BCUT2D eigenvalue weighted by molar-refractivity contribution is 7.92. The third-order valence-electron chi connectivity index (χ3n) is 4.07. The number of amides is 1. The molecule has 1 amide bonds. The van der Waals surface area contributed by atoms with Crippen molar-refractivity contribution in [3.8, 4) is 0 Å². The van der Waals surface area contributed by atoms with Gasteiger partial charge in [-0.3, -0.25) is 9.52 Å². The number of anilines is 1. The maximum absolute atomic E-state index is 12.5. The van der Waals surface area contributed by atoms with E-state index in [4.69, 9.17) is 0 Å². The summed E-state index contributed by atoms with van der Waals surface area (Å²) in [7, 11) is -3.76. The molecule has 0 aromatic heterocycles. The van der Waals surface area contributed by atoms with Gasteiger partial charge in [-0.05, 0) is 50.1 Å². The standard InChI is InChI=1S/C19H24N2O3S/c1-13(2)15(4)20-19(22)16-6-5-7-18(12-16)25(23,24)21-17-10-8-14(3)9-11-17/h5-13,15,21H,1-4H3,(H,20,22). The fraction of sp³-hybridized carbons (Fsp3) is 0.316. The molecule has 25 heavy (non-hydrogen) atoms. The van der Waals surface area contributed by atoms with Gasteiger partial charge in [0.15, 0.2) is 0 Å². The first-order chi connectivity index (χ1) is 11.7. The predicted octanol–water partition coefficient (Wildman–Crippen LogP) is 3.57. The van der Waals surface area contributed by atoms with E-state index in [0.717, 1.165) is 5.56 Å². The average Bonchev–Trinajstić information content (AvgIpc) is 2.56. The van der Waals surface area contributed by atoms with Gasteiger partial charge < -0.3 is 5.32 Å². The van der Waals surface area contributed by atoms with Crippen molar-refractivity contribution in [3.63, 3.8) is 0 Å². The Morgan fingerprint density at radius 2 is 1.64 bits per heavy atom. The van der Waals surface area contributed by atoms with Crippen LogP contribution in [0.15, 0.2) is 53.4 Å². The third kappa shape index (κ3) is 5.06. The molecule has 0 aliphatic heterocycles. The van der Waals surface area contributed by atoms with E-state index in [2.05, 4.69) is 10.0 Å². The lowest BCUT2D eigenvalue weighted by atomic mass is 10.1. The normalized spacial score (nSPS) is 12.7. The van der Waals surface area contributed by atoms with Gasteiger partial charge in [0.2, 0.25) is 0 Å². The van der Waals surface area contributed by atoms with Crippen molar-refractivity contribution >= 4 is 21.6 Å². The van der Waals surface area contributed by atoms with Crippen molar-refractivity contribution in [2.75, 3.05) is 4.72 Å². The summed E-state index contributed by atoms with van der Waals surface area (Å²) in [5.41, 5.74) is 1.84. The van der Waals surface area contributed by atoms with Gasteiger partial charge >= 0.3 is 0 Å². The van der Waals surface area contributed by atoms with Crippen LogP contribution in [0.1, 0.15) is 36.7 Å². The van der Waals surface area contributed by atoms with Gasteiger partial charge in [0.05, 0.1) is 4.90 Å². The monoisotopic (exact) mass is 360 g/mol. The minimum Gasteiger partial charge on any atom is -0.349 e. The van der Waals surface area contributed by atoms with Crippen LogP contribution in [0.5, 0.6) is 0 Å². The molecule has 0 fully saturated rings. The van der Waals surface area contributed by atoms with Crippen molar-refractivity contribution in [2.45, 2.75) is 38.6 Å². The molecular weight excluding hydrogens is 336 g/mol. The topological polar surface area (TPSA) is 75.3 Å². The number of carbonyl (C=O) groups is 1. The quantitative estimate of drug-likeness (QED) is 0.827. The first kappa shape index (κ1) is 19.0.